The van der Waals surface area contributed by atoms with Gasteiger partial charge in [0.25, 0.3) is 0 Å². The van der Waals surface area contributed by atoms with Gasteiger partial charge in [-0.15, -0.1) is 6.58 Å². The third-order valence-electron chi connectivity index (χ3n) is 3.58. The Morgan fingerprint density at radius 2 is 2.14 bits per heavy atom. The summed E-state index contributed by atoms with van der Waals surface area (Å²) in [5, 5.41) is 5.25. The van der Waals surface area contributed by atoms with E-state index in [0.29, 0.717) is 54.0 Å². The molecule has 9 heteroatoms. The Morgan fingerprint density at radius 3 is 2.96 bits per heavy atom. The smallest absolute Gasteiger partial charge is 0.320 e. The summed E-state index contributed by atoms with van der Waals surface area (Å²) < 4.78 is 16.2. The molecule has 0 aliphatic rings. The average Bonchev–Trinajstić information content (AvgIpc) is 3.18. The third-order valence-corrected chi connectivity index (χ3v) is 3.58. The molecule has 146 valence electrons. The molecule has 0 bridgehead atoms. The van der Waals surface area contributed by atoms with Gasteiger partial charge in [-0.25, -0.2) is 14.8 Å². The van der Waals surface area contributed by atoms with Crippen molar-refractivity contribution in [3.8, 4) is 11.5 Å². The highest BCUT2D eigenvalue weighted by atomic mass is 16.7. The number of anilines is 1. The van der Waals surface area contributed by atoms with Gasteiger partial charge in [0.15, 0.2) is 11.4 Å². The summed E-state index contributed by atoms with van der Waals surface area (Å²) >= 11 is 0. The minimum Gasteiger partial charge on any atom is -0.457 e. The van der Waals surface area contributed by atoms with Crippen LogP contribution in [-0.2, 0) is 16.1 Å². The van der Waals surface area contributed by atoms with Gasteiger partial charge in [-0.05, 0) is 31.2 Å². The first kappa shape index (κ1) is 19.5. The molecule has 0 atom stereocenters. The molecule has 0 aromatic carbocycles. The fourth-order valence-electron chi connectivity index (χ4n) is 2.29. The Bertz CT molecular complexity index is 956. The first-order valence-electron chi connectivity index (χ1n) is 8.73. The summed E-state index contributed by atoms with van der Waals surface area (Å²) in [4.78, 5) is 24.9. The molecule has 2 amide bonds. The molecule has 0 saturated heterocycles. The van der Waals surface area contributed by atoms with Crippen LogP contribution in [0.1, 0.15) is 12.7 Å². The summed E-state index contributed by atoms with van der Waals surface area (Å²) in [6.45, 7) is 6.91. The SMILES string of the molecule is C=CCNC(=O)Nc1ccc2ncc(-c3ccc(COCOCC)o3)nc2n1. The van der Waals surface area contributed by atoms with Gasteiger partial charge in [-0.1, -0.05) is 6.08 Å². The van der Waals surface area contributed by atoms with Gasteiger partial charge in [-0.2, -0.15) is 0 Å². The number of nitrogens with one attached hydrogen (secondary N) is 2. The predicted molar refractivity (Wildman–Crippen MR) is 104 cm³/mol. The van der Waals surface area contributed by atoms with E-state index in [1.165, 1.54) is 0 Å². The number of fused-ring (bicyclic) bond motifs is 1. The lowest BCUT2D eigenvalue weighted by Gasteiger charge is -2.06. The van der Waals surface area contributed by atoms with Gasteiger partial charge < -0.3 is 19.2 Å². The third kappa shape index (κ3) is 5.12. The first-order valence-corrected chi connectivity index (χ1v) is 8.73. The lowest BCUT2D eigenvalue weighted by molar-refractivity contribution is -0.0613. The van der Waals surface area contributed by atoms with E-state index in [2.05, 4.69) is 32.2 Å². The molecule has 0 saturated carbocycles. The van der Waals surface area contributed by atoms with E-state index in [1.54, 1.807) is 30.5 Å². The molecule has 0 unspecified atom stereocenters. The van der Waals surface area contributed by atoms with Crippen LogP contribution in [0.5, 0.6) is 0 Å². The van der Waals surface area contributed by atoms with Crippen molar-refractivity contribution >= 4 is 23.0 Å². The van der Waals surface area contributed by atoms with Crippen molar-refractivity contribution in [1.29, 1.82) is 0 Å². The van der Waals surface area contributed by atoms with Crippen LogP contribution in [0.25, 0.3) is 22.6 Å². The maximum Gasteiger partial charge on any atom is 0.320 e. The van der Waals surface area contributed by atoms with Gasteiger partial charge in [0.1, 0.15) is 36.2 Å². The normalized spacial score (nSPS) is 10.8. The fourth-order valence-corrected chi connectivity index (χ4v) is 2.29. The highest BCUT2D eigenvalue weighted by Crippen LogP contribution is 2.22. The van der Waals surface area contributed by atoms with E-state index in [1.807, 2.05) is 13.0 Å². The van der Waals surface area contributed by atoms with Crippen LogP contribution in [0.2, 0.25) is 0 Å². The number of rotatable bonds is 9. The zero-order valence-electron chi connectivity index (χ0n) is 15.5. The average molecular weight is 383 g/mol. The molecule has 0 radical (unpaired) electrons. The second kappa shape index (κ2) is 9.58. The van der Waals surface area contributed by atoms with Gasteiger partial charge in [0.05, 0.1) is 6.20 Å². The topological polar surface area (TPSA) is 111 Å². The fraction of sp³-hybridized carbons (Fsp3) is 0.263. The van der Waals surface area contributed by atoms with Crippen molar-refractivity contribution < 1.29 is 18.7 Å². The number of hydrogen-bond donors (Lipinski definition) is 2. The van der Waals surface area contributed by atoms with Crippen molar-refractivity contribution in [3.63, 3.8) is 0 Å². The zero-order valence-corrected chi connectivity index (χ0v) is 15.5. The minimum absolute atomic E-state index is 0.211. The maximum atomic E-state index is 11.7. The molecule has 28 heavy (non-hydrogen) atoms. The molecule has 3 aromatic rings. The zero-order chi connectivity index (χ0) is 19.8. The summed E-state index contributed by atoms with van der Waals surface area (Å²) in [5.41, 5.74) is 1.53. The van der Waals surface area contributed by atoms with Crippen molar-refractivity contribution in [2.75, 3.05) is 25.3 Å². The molecule has 3 heterocycles. The lowest BCUT2D eigenvalue weighted by atomic mass is 10.3. The Labute approximate surface area is 161 Å². The van der Waals surface area contributed by atoms with Crippen molar-refractivity contribution in [3.05, 3.63) is 48.9 Å². The lowest BCUT2D eigenvalue weighted by Crippen LogP contribution is -2.28. The second-order valence-electron chi connectivity index (χ2n) is 5.64. The Kier molecular flexibility index (Phi) is 6.66. The number of aromatic nitrogens is 3. The van der Waals surface area contributed by atoms with Crippen LogP contribution in [0.15, 0.2) is 47.5 Å². The Balaban J connectivity index is 1.73. The number of urea groups is 1. The summed E-state index contributed by atoms with van der Waals surface area (Å²) in [7, 11) is 0. The molecular weight excluding hydrogens is 362 g/mol. The van der Waals surface area contributed by atoms with E-state index < -0.39 is 0 Å². The number of furan rings is 1. The second-order valence-corrected chi connectivity index (χ2v) is 5.64. The standard InChI is InChI=1S/C19H21N5O4/c1-3-9-20-19(25)24-17-8-6-14-18(23-17)22-15(10-21-14)16-7-5-13(28-16)11-27-12-26-4-2/h3,5-8,10H,1,4,9,11-12H2,2H3,(H2,20,22,23,24,25). The summed E-state index contributed by atoms with van der Waals surface area (Å²) in [5.74, 6) is 1.57. The van der Waals surface area contributed by atoms with Crippen LogP contribution >= 0.6 is 0 Å². The van der Waals surface area contributed by atoms with E-state index in [9.17, 15) is 4.79 Å². The van der Waals surface area contributed by atoms with Crippen LogP contribution in [0, 0.1) is 0 Å². The van der Waals surface area contributed by atoms with Gasteiger partial charge in [0, 0.05) is 13.2 Å². The van der Waals surface area contributed by atoms with Gasteiger partial charge in [0.2, 0.25) is 0 Å². The quantitative estimate of drug-likeness (QED) is 0.332. The predicted octanol–water partition coefficient (Wildman–Crippen LogP) is 3.10. The molecule has 0 fully saturated rings. The van der Waals surface area contributed by atoms with E-state index >= 15 is 0 Å². The molecule has 2 N–H and O–H groups in total. The number of carbonyl (C=O) groups excluding carboxylic acids is 1. The highest BCUT2D eigenvalue weighted by molar-refractivity contribution is 5.89. The van der Waals surface area contributed by atoms with Crippen molar-refractivity contribution in [2.45, 2.75) is 13.5 Å². The van der Waals surface area contributed by atoms with Gasteiger partial charge >= 0.3 is 6.03 Å². The molecule has 3 rings (SSSR count). The number of ether oxygens (including phenoxy) is 2. The molecule has 0 spiro atoms. The van der Waals surface area contributed by atoms with Crippen LogP contribution in [0.3, 0.4) is 0 Å². The Morgan fingerprint density at radius 1 is 1.25 bits per heavy atom. The number of amides is 2. The molecule has 9 nitrogen and oxygen atoms in total. The van der Waals surface area contributed by atoms with Crippen molar-refractivity contribution in [1.82, 2.24) is 20.3 Å². The first-order chi connectivity index (χ1) is 13.7. The van der Waals surface area contributed by atoms with Crippen LogP contribution in [0.4, 0.5) is 10.6 Å². The van der Waals surface area contributed by atoms with Crippen LogP contribution < -0.4 is 10.6 Å². The largest absolute Gasteiger partial charge is 0.457 e. The Hall–Kier alpha value is -3.30. The summed E-state index contributed by atoms with van der Waals surface area (Å²) in [6.07, 6.45) is 3.20. The van der Waals surface area contributed by atoms with Crippen LogP contribution in [-0.4, -0.2) is 40.9 Å². The summed E-state index contributed by atoms with van der Waals surface area (Å²) in [6, 6.07) is 6.61. The number of nitrogens with zero attached hydrogens (tertiary/aromatic N) is 3. The minimum atomic E-state index is -0.376. The van der Waals surface area contributed by atoms with Crippen molar-refractivity contribution in [2.24, 2.45) is 0 Å². The molecule has 0 aliphatic heterocycles. The van der Waals surface area contributed by atoms with E-state index in [4.69, 9.17) is 13.9 Å². The monoisotopic (exact) mass is 383 g/mol. The maximum absolute atomic E-state index is 11.7. The number of carbonyl (C=O) groups is 1. The highest BCUT2D eigenvalue weighted by Gasteiger charge is 2.10. The number of hydrogen-bond acceptors (Lipinski definition) is 7. The molecule has 0 aliphatic carbocycles. The number of pyridine rings is 1. The molecule has 3 aromatic heterocycles. The van der Waals surface area contributed by atoms with E-state index in [0.717, 1.165) is 0 Å². The van der Waals surface area contributed by atoms with Gasteiger partial charge in [-0.3, -0.25) is 10.3 Å². The molecular formula is C19H21N5O4. The van der Waals surface area contributed by atoms with E-state index in [-0.39, 0.29) is 12.8 Å².